The number of esters is 1. The van der Waals surface area contributed by atoms with Crippen molar-refractivity contribution in [2.75, 3.05) is 238 Å². The maximum Gasteiger partial charge on any atom is 0.308 e. The number of ether oxygens (including phenoxy) is 19. The lowest BCUT2D eigenvalue weighted by atomic mass is 10.2. The standard InChI is InChI=1S/C42H84O20/c1-42(2,3)62-41(43)5-6-45-9-10-47-13-14-49-17-18-51-21-22-53-25-26-55-29-30-57-33-34-59-37-38-61-40-39-60-36-35-58-32-31-56-28-27-54-24-23-52-20-19-50-16-15-48-12-11-46-8-7-44-4/h5-40H2,1-4H3. The van der Waals surface area contributed by atoms with Crippen molar-refractivity contribution >= 4 is 5.97 Å². The molecule has 0 unspecified atom stereocenters. The van der Waals surface area contributed by atoms with E-state index in [0.29, 0.717) is 231 Å². The Morgan fingerprint density at radius 3 is 0.548 bits per heavy atom. The Balaban J connectivity index is 3.09. The first kappa shape index (κ1) is 60.8. The Morgan fingerprint density at radius 2 is 0.403 bits per heavy atom. The van der Waals surface area contributed by atoms with Crippen molar-refractivity contribution < 1.29 is 94.8 Å². The summed E-state index contributed by atoms with van der Waals surface area (Å²) in [6, 6.07) is 0. The molecule has 0 aromatic rings. The lowest BCUT2D eigenvalue weighted by molar-refractivity contribution is -0.156. The molecule has 20 nitrogen and oxygen atoms in total. The van der Waals surface area contributed by atoms with Crippen LogP contribution in [0.25, 0.3) is 0 Å². The average Bonchev–Trinajstić information content (AvgIpc) is 3.24. The molecule has 0 aromatic carbocycles. The van der Waals surface area contributed by atoms with Crippen LogP contribution >= 0.6 is 0 Å². The van der Waals surface area contributed by atoms with Gasteiger partial charge in [0, 0.05) is 7.11 Å². The molecule has 0 saturated carbocycles. The molecule has 0 saturated heterocycles. The first-order chi connectivity index (χ1) is 30.5. The molecular weight excluding hydrogens is 824 g/mol. The topological polar surface area (TPSA) is 192 Å². The van der Waals surface area contributed by atoms with Crippen molar-refractivity contribution in [3.8, 4) is 0 Å². The van der Waals surface area contributed by atoms with Gasteiger partial charge in [0.1, 0.15) is 5.60 Å². The van der Waals surface area contributed by atoms with Crippen LogP contribution in [0.4, 0.5) is 0 Å². The monoisotopic (exact) mass is 909 g/mol. The molecule has 0 aliphatic heterocycles. The maximum absolute atomic E-state index is 11.6. The van der Waals surface area contributed by atoms with E-state index in [9.17, 15) is 4.79 Å². The number of rotatable bonds is 54. The van der Waals surface area contributed by atoms with Gasteiger partial charge in [0.05, 0.1) is 238 Å². The quantitative estimate of drug-likeness (QED) is 0.0632. The summed E-state index contributed by atoms with van der Waals surface area (Å²) in [5.41, 5.74) is -0.479. The first-order valence-corrected chi connectivity index (χ1v) is 22.0. The Labute approximate surface area is 371 Å². The van der Waals surface area contributed by atoms with Gasteiger partial charge in [0.2, 0.25) is 0 Å². The van der Waals surface area contributed by atoms with Crippen molar-refractivity contribution in [2.24, 2.45) is 0 Å². The van der Waals surface area contributed by atoms with Crippen LogP contribution < -0.4 is 0 Å². The Kier molecular flexibility index (Phi) is 51.3. The summed E-state index contributed by atoms with van der Waals surface area (Å²) < 4.78 is 103. The predicted molar refractivity (Wildman–Crippen MR) is 226 cm³/mol. The van der Waals surface area contributed by atoms with Crippen molar-refractivity contribution in [3.63, 3.8) is 0 Å². The zero-order valence-electron chi connectivity index (χ0n) is 38.6. The zero-order valence-corrected chi connectivity index (χ0v) is 38.6. The van der Waals surface area contributed by atoms with Gasteiger partial charge in [-0.15, -0.1) is 0 Å². The number of hydrogen-bond donors (Lipinski definition) is 0. The van der Waals surface area contributed by atoms with Gasteiger partial charge >= 0.3 is 5.97 Å². The molecule has 0 rings (SSSR count). The van der Waals surface area contributed by atoms with Crippen LogP contribution in [0.15, 0.2) is 0 Å². The molecule has 0 bridgehead atoms. The molecule has 0 spiro atoms. The summed E-state index contributed by atoms with van der Waals surface area (Å²) in [6.07, 6.45) is 0.227. The lowest BCUT2D eigenvalue weighted by Crippen LogP contribution is -2.24. The second-order valence-electron chi connectivity index (χ2n) is 13.7. The van der Waals surface area contributed by atoms with Gasteiger partial charge in [-0.05, 0) is 20.8 Å². The highest BCUT2D eigenvalue weighted by molar-refractivity contribution is 5.69. The summed E-state index contributed by atoms with van der Waals surface area (Å²) in [6.45, 7) is 22.7. The predicted octanol–water partition coefficient (Wildman–Crippen LogP) is 1.65. The largest absolute Gasteiger partial charge is 0.460 e. The van der Waals surface area contributed by atoms with Gasteiger partial charge in [-0.2, -0.15) is 0 Å². The van der Waals surface area contributed by atoms with E-state index < -0.39 is 5.60 Å². The SMILES string of the molecule is COCCOCCOCCOCCOCCOCCOCCOCCOCCOCCOCCOCCOCCOCCOCCOCCOCCOCCC(=O)OC(C)(C)C. The molecule has 0 N–H and O–H groups in total. The second-order valence-corrected chi connectivity index (χ2v) is 13.7. The van der Waals surface area contributed by atoms with Crippen LogP contribution in [-0.2, 0) is 94.8 Å². The van der Waals surface area contributed by atoms with Gasteiger partial charge in [-0.25, -0.2) is 0 Å². The first-order valence-electron chi connectivity index (χ1n) is 22.0. The van der Waals surface area contributed by atoms with Crippen LogP contribution in [-0.4, -0.2) is 250 Å². The van der Waals surface area contributed by atoms with E-state index in [1.807, 2.05) is 20.8 Å². The molecule has 62 heavy (non-hydrogen) atoms. The third kappa shape index (κ3) is 56.8. The summed E-state index contributed by atoms with van der Waals surface area (Å²) in [5.74, 6) is -0.268. The van der Waals surface area contributed by atoms with Gasteiger partial charge < -0.3 is 90.0 Å². The number of methoxy groups -OCH3 is 1. The molecule has 0 heterocycles. The third-order valence-corrected chi connectivity index (χ3v) is 7.25. The highest BCUT2D eigenvalue weighted by Crippen LogP contribution is 2.08. The minimum atomic E-state index is -0.479. The van der Waals surface area contributed by atoms with E-state index in [1.54, 1.807) is 7.11 Å². The fourth-order valence-electron chi connectivity index (χ4n) is 4.31. The Morgan fingerprint density at radius 1 is 0.258 bits per heavy atom. The van der Waals surface area contributed by atoms with Crippen LogP contribution in [0.2, 0.25) is 0 Å². The minimum absolute atomic E-state index is 0.227. The van der Waals surface area contributed by atoms with E-state index in [1.165, 1.54) is 0 Å². The smallest absolute Gasteiger partial charge is 0.308 e. The summed E-state index contributed by atoms with van der Waals surface area (Å²) in [7, 11) is 1.64. The van der Waals surface area contributed by atoms with E-state index in [4.69, 9.17) is 90.0 Å². The molecule has 0 amide bonds. The maximum atomic E-state index is 11.6. The van der Waals surface area contributed by atoms with E-state index >= 15 is 0 Å². The Bertz CT molecular complexity index is 856. The van der Waals surface area contributed by atoms with Crippen molar-refractivity contribution in [1.29, 1.82) is 0 Å². The summed E-state index contributed by atoms with van der Waals surface area (Å²) >= 11 is 0. The van der Waals surface area contributed by atoms with Crippen molar-refractivity contribution in [2.45, 2.75) is 32.8 Å². The molecule has 0 aliphatic rings. The molecule has 0 radical (unpaired) electrons. The molecule has 372 valence electrons. The minimum Gasteiger partial charge on any atom is -0.460 e. The molecular formula is C42H84O20. The molecule has 20 heteroatoms. The fourth-order valence-corrected chi connectivity index (χ4v) is 4.31. The van der Waals surface area contributed by atoms with Crippen LogP contribution in [0.1, 0.15) is 27.2 Å². The number of hydrogen-bond acceptors (Lipinski definition) is 20. The van der Waals surface area contributed by atoms with Crippen LogP contribution in [0, 0.1) is 0 Å². The van der Waals surface area contributed by atoms with E-state index in [-0.39, 0.29) is 12.4 Å². The summed E-state index contributed by atoms with van der Waals surface area (Å²) in [4.78, 5) is 11.6. The second kappa shape index (κ2) is 52.4. The normalized spacial score (nSPS) is 11.9. The van der Waals surface area contributed by atoms with Crippen LogP contribution in [0.3, 0.4) is 0 Å². The van der Waals surface area contributed by atoms with Crippen molar-refractivity contribution in [3.05, 3.63) is 0 Å². The van der Waals surface area contributed by atoms with E-state index in [0.717, 1.165) is 0 Å². The fraction of sp³-hybridized carbons (Fsp3) is 0.976. The van der Waals surface area contributed by atoms with Gasteiger partial charge in [-0.1, -0.05) is 0 Å². The molecule has 0 aromatic heterocycles. The molecule has 0 atom stereocenters. The highest BCUT2D eigenvalue weighted by atomic mass is 16.6. The number of carbonyl (C=O) groups excluding carboxylic acids is 1. The zero-order chi connectivity index (χ0) is 45.0. The average molecular weight is 909 g/mol. The third-order valence-electron chi connectivity index (χ3n) is 7.25. The highest BCUT2D eigenvalue weighted by Gasteiger charge is 2.15. The van der Waals surface area contributed by atoms with Gasteiger partial charge in [0.15, 0.2) is 0 Å². The van der Waals surface area contributed by atoms with Crippen molar-refractivity contribution in [1.82, 2.24) is 0 Å². The lowest BCUT2D eigenvalue weighted by Gasteiger charge is -2.19. The van der Waals surface area contributed by atoms with Gasteiger partial charge in [-0.3, -0.25) is 4.79 Å². The summed E-state index contributed by atoms with van der Waals surface area (Å²) in [5, 5.41) is 0. The molecule has 0 aliphatic carbocycles. The van der Waals surface area contributed by atoms with Crippen LogP contribution in [0.5, 0.6) is 0 Å². The van der Waals surface area contributed by atoms with Gasteiger partial charge in [0.25, 0.3) is 0 Å². The Hall–Kier alpha value is -1.25. The van der Waals surface area contributed by atoms with E-state index in [2.05, 4.69) is 0 Å². The number of carbonyl (C=O) groups is 1. The molecule has 0 fully saturated rings.